The minimum atomic E-state index is -0.935. The fraction of sp³-hybridized carbons (Fsp3) is 0.333. The summed E-state index contributed by atoms with van der Waals surface area (Å²) in [6.07, 6.45) is 0. The average molecular weight is 689 g/mol. The molecular weight excluding hydrogens is 656 g/mol. The molecule has 251 valence electrons. The maximum absolute atomic E-state index is 11.3. The Labute approximate surface area is 271 Å². The average Bonchev–Trinajstić information content (AvgIpc) is 2.99. The molecule has 0 aliphatic heterocycles. The van der Waals surface area contributed by atoms with Gasteiger partial charge in [0.25, 0.3) is 17.7 Å². The Morgan fingerprint density at radius 2 is 0.783 bits per heavy atom. The Morgan fingerprint density at radius 1 is 0.565 bits per heavy atom. The van der Waals surface area contributed by atoms with Crippen LogP contribution < -0.4 is 64.8 Å². The topological polar surface area (TPSA) is 325 Å². The van der Waals surface area contributed by atoms with E-state index in [-0.39, 0.29) is 73.6 Å². The van der Waals surface area contributed by atoms with Crippen molar-refractivity contribution >= 4 is 17.7 Å². The zero-order chi connectivity index (χ0) is 34.3. The molecule has 0 atom stereocenters. The summed E-state index contributed by atoms with van der Waals surface area (Å²) >= 11 is 0. The molecule has 19 heteroatoms. The van der Waals surface area contributed by atoms with Crippen molar-refractivity contribution in [1.29, 1.82) is 0 Å². The summed E-state index contributed by atoms with van der Waals surface area (Å²) in [7, 11) is 0. The van der Waals surface area contributed by atoms with Gasteiger partial charge in [0.2, 0.25) is 0 Å². The molecule has 0 aromatic carbocycles. The van der Waals surface area contributed by atoms with Crippen molar-refractivity contribution in [2.24, 2.45) is 17.2 Å². The van der Waals surface area contributed by atoms with E-state index in [0.717, 1.165) is 18.2 Å². The number of nitrogens with one attached hydrogen (secondary N) is 3. The first-order chi connectivity index (χ1) is 21.2. The van der Waals surface area contributed by atoms with Gasteiger partial charge in [-0.25, -0.2) is 0 Å². The van der Waals surface area contributed by atoms with Crippen LogP contribution in [0.2, 0.25) is 0 Å². The number of carbonyl (C=O) groups is 3. The monoisotopic (exact) mass is 689 g/mol. The van der Waals surface area contributed by atoms with Crippen molar-refractivity contribution in [3.05, 3.63) is 83.4 Å². The first-order valence-electron chi connectivity index (χ1n) is 13.1. The molecule has 3 aromatic heterocycles. The summed E-state index contributed by atoms with van der Waals surface area (Å²) in [4.78, 5) is 67.2. The number of nitrogens with two attached hydrogens (primary N) is 3. The Hall–Kier alpha value is -4.94. The fourth-order valence-electron chi connectivity index (χ4n) is 3.04. The predicted octanol–water partition coefficient (Wildman–Crippen LogP) is -3.87. The Morgan fingerprint density at radius 3 is 0.978 bits per heavy atom. The van der Waals surface area contributed by atoms with Gasteiger partial charge < -0.3 is 61.7 Å². The zero-order valence-corrected chi connectivity index (χ0v) is 26.1. The molecule has 0 spiro atoms. The molecule has 0 aliphatic rings. The van der Waals surface area contributed by atoms with E-state index in [4.69, 9.17) is 30.5 Å². The van der Waals surface area contributed by atoms with Gasteiger partial charge in [-0.05, 0) is 38.0 Å². The molecule has 0 aliphatic carbocycles. The molecular formula is C27H33FeN6O12. The second-order valence-electron chi connectivity index (χ2n) is 8.77. The van der Waals surface area contributed by atoms with E-state index in [1.165, 1.54) is 20.8 Å². The first-order valence-corrected chi connectivity index (χ1v) is 13.1. The summed E-state index contributed by atoms with van der Waals surface area (Å²) in [5, 5.41) is 40.7. The molecule has 46 heavy (non-hydrogen) atoms. The molecule has 0 saturated heterocycles. The van der Waals surface area contributed by atoms with Crippen LogP contribution >= 0.6 is 0 Å². The summed E-state index contributed by atoms with van der Waals surface area (Å²) in [6.45, 7) is 5.85. The van der Waals surface area contributed by atoms with Gasteiger partial charge in [0, 0.05) is 57.5 Å². The molecule has 9 N–H and O–H groups in total. The van der Waals surface area contributed by atoms with Gasteiger partial charge in [-0.3, -0.25) is 28.8 Å². The van der Waals surface area contributed by atoms with Gasteiger partial charge in [0.1, 0.15) is 17.3 Å². The second kappa shape index (κ2) is 20.2. The van der Waals surface area contributed by atoms with Crippen molar-refractivity contribution < 1.29 is 60.0 Å². The van der Waals surface area contributed by atoms with Crippen molar-refractivity contribution in [2.75, 3.05) is 39.3 Å². The number of aryl methyl sites for hydroxylation is 3. The van der Waals surface area contributed by atoms with E-state index in [1.807, 2.05) is 0 Å². The third kappa shape index (κ3) is 12.6. The number of hydrogen-bond donors (Lipinski definition) is 6. The molecule has 0 bridgehead atoms. The molecule has 3 rings (SSSR count). The van der Waals surface area contributed by atoms with Gasteiger partial charge in [-0.2, -0.15) is 0 Å². The van der Waals surface area contributed by atoms with Crippen LogP contribution in [0.4, 0.5) is 0 Å². The molecule has 0 saturated carbocycles. The van der Waals surface area contributed by atoms with Crippen molar-refractivity contribution in [3.63, 3.8) is 0 Å². The van der Waals surface area contributed by atoms with E-state index in [1.54, 1.807) is 0 Å². The normalized spacial score (nSPS) is 9.78. The minimum Gasteiger partial charge on any atom is -0.867 e. The maximum atomic E-state index is 11.3. The van der Waals surface area contributed by atoms with Gasteiger partial charge in [-0.1, -0.05) is 0 Å². The second-order valence-corrected chi connectivity index (χ2v) is 8.77. The SMILES string of the molecule is Cc1cc(=O)c([O-])c(C(=O)NCCN)o1.Cc1cc(=O)c([O-])c(C(=O)NCCN)o1.Cc1cc(=O)c([O-])c(C(=O)NCCN)o1.[Fe+3]. The molecule has 3 amide bonds. The Kier molecular flexibility index (Phi) is 18.0. The van der Waals surface area contributed by atoms with E-state index in [0.29, 0.717) is 0 Å². The summed E-state index contributed by atoms with van der Waals surface area (Å²) in [6, 6.07) is 3.13. The number of hydrogen-bond acceptors (Lipinski definition) is 15. The van der Waals surface area contributed by atoms with Crippen LogP contribution in [0, 0.1) is 20.8 Å². The molecule has 0 unspecified atom stereocenters. The van der Waals surface area contributed by atoms with E-state index >= 15 is 0 Å². The first kappa shape index (κ1) is 41.1. The molecule has 3 heterocycles. The van der Waals surface area contributed by atoms with Crippen molar-refractivity contribution in [1.82, 2.24) is 16.0 Å². The van der Waals surface area contributed by atoms with Crippen LogP contribution in [0.3, 0.4) is 0 Å². The Bertz CT molecular complexity index is 1470. The van der Waals surface area contributed by atoms with E-state index < -0.39 is 68.5 Å². The molecule has 0 fully saturated rings. The molecule has 3 aromatic rings. The maximum Gasteiger partial charge on any atom is 3.00 e. The molecule has 18 nitrogen and oxygen atoms in total. The summed E-state index contributed by atoms with van der Waals surface area (Å²) in [5.74, 6) is -5.77. The van der Waals surface area contributed by atoms with Crippen molar-refractivity contribution in [3.8, 4) is 17.2 Å². The van der Waals surface area contributed by atoms with Crippen molar-refractivity contribution in [2.45, 2.75) is 20.8 Å². The largest absolute Gasteiger partial charge is 3.00 e. The fourth-order valence-corrected chi connectivity index (χ4v) is 3.04. The van der Waals surface area contributed by atoms with Gasteiger partial charge >= 0.3 is 17.1 Å². The number of amides is 3. The third-order valence-electron chi connectivity index (χ3n) is 4.99. The quantitative estimate of drug-likeness (QED) is 0.117. The molecule has 1 radical (unpaired) electrons. The minimum absolute atomic E-state index is 0. The zero-order valence-electron chi connectivity index (χ0n) is 25.0. The summed E-state index contributed by atoms with van der Waals surface area (Å²) in [5.41, 5.74) is 13.2. The van der Waals surface area contributed by atoms with Gasteiger partial charge in [0.05, 0.1) is 0 Å². The van der Waals surface area contributed by atoms with Crippen LogP contribution in [0.5, 0.6) is 17.2 Å². The van der Waals surface area contributed by atoms with E-state index in [9.17, 15) is 44.1 Å². The number of rotatable bonds is 9. The van der Waals surface area contributed by atoms with Crippen LogP contribution in [0.25, 0.3) is 0 Å². The number of carbonyl (C=O) groups excluding carboxylic acids is 3. The predicted molar refractivity (Wildman–Crippen MR) is 152 cm³/mol. The Balaban J connectivity index is 0.000000653. The van der Waals surface area contributed by atoms with Crippen LogP contribution in [-0.2, 0) is 17.1 Å². The van der Waals surface area contributed by atoms with Crippen LogP contribution in [0.1, 0.15) is 48.9 Å². The van der Waals surface area contributed by atoms with E-state index in [2.05, 4.69) is 16.0 Å². The van der Waals surface area contributed by atoms with Crippen LogP contribution in [0.15, 0.2) is 45.8 Å². The smallest absolute Gasteiger partial charge is 0.867 e. The third-order valence-corrected chi connectivity index (χ3v) is 4.99. The summed E-state index contributed by atoms with van der Waals surface area (Å²) < 4.78 is 14.6. The standard InChI is InChI=1S/3C9H12N2O4.Fe/c3*1-5-4-6(12)7(13)8(15-5)9(14)11-3-2-10;/h3*4,13H,2-3,10H2,1H3,(H,11,14);/q;;;+3/p-3. The van der Waals surface area contributed by atoms with Gasteiger partial charge in [0.15, 0.2) is 33.6 Å². The van der Waals surface area contributed by atoms with Gasteiger partial charge in [-0.15, -0.1) is 0 Å². The van der Waals surface area contributed by atoms with Crippen LogP contribution in [-0.4, -0.2) is 57.0 Å².